The molecule has 0 nitrogen and oxygen atoms in total. The summed E-state index contributed by atoms with van der Waals surface area (Å²) in [6.45, 7) is 6.40. The second-order valence-electron chi connectivity index (χ2n) is 3.67. The van der Waals surface area contributed by atoms with E-state index >= 15 is 0 Å². The lowest BCUT2D eigenvalue weighted by Gasteiger charge is -2.29. The molecular weight excluding hydrogens is 132 g/mol. The molecule has 0 aromatic carbocycles. The predicted molar refractivity (Wildman–Crippen MR) is 52.7 cm³/mol. The lowest BCUT2D eigenvalue weighted by atomic mass is 9.77. The number of hydrogen-bond donors (Lipinski definition) is 0. The zero-order chi connectivity index (χ0) is 7.56. The molecule has 2 unspecified atom stereocenters. The van der Waals surface area contributed by atoms with Crippen molar-refractivity contribution in [3.8, 4) is 0 Å². The molecule has 0 amide bonds. The van der Waals surface area contributed by atoms with Gasteiger partial charge in [-0.3, -0.25) is 0 Å². The molecule has 2 aliphatic carbocycles. The Hall–Kier alpha value is 0. The van der Waals surface area contributed by atoms with Crippen LogP contribution in [0.4, 0.5) is 0 Å². The molecule has 0 heteroatoms. The summed E-state index contributed by atoms with van der Waals surface area (Å²) in [5.41, 5.74) is 0. The van der Waals surface area contributed by atoms with Crippen molar-refractivity contribution in [1.29, 1.82) is 0 Å². The molecule has 2 saturated carbocycles. The van der Waals surface area contributed by atoms with Crippen molar-refractivity contribution in [2.24, 2.45) is 17.8 Å². The Bertz CT molecular complexity index is 84.2. The van der Waals surface area contributed by atoms with E-state index in [4.69, 9.17) is 0 Å². The van der Waals surface area contributed by atoms with Crippen LogP contribution < -0.4 is 0 Å². The Balaban J connectivity index is 0.000000311. The molecule has 68 valence electrons. The Morgan fingerprint density at radius 1 is 0.909 bits per heavy atom. The van der Waals surface area contributed by atoms with Crippen molar-refractivity contribution in [1.82, 2.24) is 0 Å². The molecule has 2 rings (SSSR count). The van der Waals surface area contributed by atoms with Gasteiger partial charge in [-0.25, -0.2) is 0 Å². The molecule has 0 radical (unpaired) electrons. The number of fused-ring (bicyclic) bond motifs is 1. The van der Waals surface area contributed by atoms with Gasteiger partial charge < -0.3 is 0 Å². The number of rotatable bonds is 0. The first kappa shape index (κ1) is 11.0. The van der Waals surface area contributed by atoms with Crippen LogP contribution in [0.1, 0.15) is 53.9 Å². The van der Waals surface area contributed by atoms with Gasteiger partial charge >= 0.3 is 0 Å². The zero-order valence-electron chi connectivity index (χ0n) is 7.56. The van der Waals surface area contributed by atoms with Crippen LogP contribution in [0.3, 0.4) is 0 Å². The highest BCUT2D eigenvalue weighted by Gasteiger charge is 2.37. The Morgan fingerprint density at radius 3 is 1.45 bits per heavy atom. The first-order chi connectivity index (χ1) is 4.86. The Kier molecular flexibility index (Phi) is 4.79. The molecule has 0 aromatic rings. The topological polar surface area (TPSA) is 0 Å². The quantitative estimate of drug-likeness (QED) is 0.495. The van der Waals surface area contributed by atoms with Crippen LogP contribution in [-0.4, -0.2) is 0 Å². The van der Waals surface area contributed by atoms with Gasteiger partial charge in [0.15, 0.2) is 0 Å². The van der Waals surface area contributed by atoms with Gasteiger partial charge in [0, 0.05) is 0 Å². The minimum Gasteiger partial charge on any atom is -0.0776 e. The SMILES string of the molecule is C.CC.CC1CC2CCC2C1. The smallest absolute Gasteiger partial charge is 0.0383 e. The molecule has 0 aliphatic heterocycles. The van der Waals surface area contributed by atoms with E-state index in [-0.39, 0.29) is 7.43 Å². The van der Waals surface area contributed by atoms with Crippen molar-refractivity contribution < 1.29 is 0 Å². The molecule has 0 spiro atoms. The van der Waals surface area contributed by atoms with Crippen LogP contribution in [0, 0.1) is 17.8 Å². The van der Waals surface area contributed by atoms with E-state index in [0.29, 0.717) is 0 Å². The third-order valence-corrected chi connectivity index (χ3v) is 2.99. The first-order valence-electron chi connectivity index (χ1n) is 4.86. The van der Waals surface area contributed by atoms with Crippen LogP contribution in [0.5, 0.6) is 0 Å². The number of hydrogen-bond acceptors (Lipinski definition) is 0. The first-order valence-corrected chi connectivity index (χ1v) is 4.86. The van der Waals surface area contributed by atoms with E-state index in [2.05, 4.69) is 6.92 Å². The minimum absolute atomic E-state index is 0. The maximum Gasteiger partial charge on any atom is -0.0383 e. The van der Waals surface area contributed by atoms with Crippen molar-refractivity contribution in [2.45, 2.75) is 53.9 Å². The van der Waals surface area contributed by atoms with E-state index in [0.717, 1.165) is 5.92 Å². The maximum atomic E-state index is 2.40. The molecule has 0 heterocycles. The van der Waals surface area contributed by atoms with E-state index in [1.54, 1.807) is 25.7 Å². The van der Waals surface area contributed by atoms with Gasteiger partial charge in [-0.1, -0.05) is 28.2 Å². The summed E-state index contributed by atoms with van der Waals surface area (Å²) >= 11 is 0. The fourth-order valence-electron chi connectivity index (χ4n) is 2.39. The van der Waals surface area contributed by atoms with Crippen molar-refractivity contribution >= 4 is 0 Å². The molecule has 11 heavy (non-hydrogen) atoms. The van der Waals surface area contributed by atoms with Crippen molar-refractivity contribution in [2.75, 3.05) is 0 Å². The Morgan fingerprint density at radius 2 is 1.27 bits per heavy atom. The van der Waals surface area contributed by atoms with Crippen LogP contribution >= 0.6 is 0 Å². The zero-order valence-corrected chi connectivity index (χ0v) is 7.56. The van der Waals surface area contributed by atoms with Crippen molar-refractivity contribution in [3.63, 3.8) is 0 Å². The third kappa shape index (κ3) is 2.21. The van der Waals surface area contributed by atoms with E-state index in [9.17, 15) is 0 Å². The second-order valence-corrected chi connectivity index (χ2v) is 3.67. The molecule has 2 aliphatic rings. The van der Waals surface area contributed by atoms with Gasteiger partial charge in [-0.15, -0.1) is 0 Å². The highest BCUT2D eigenvalue weighted by Crippen LogP contribution is 2.49. The van der Waals surface area contributed by atoms with Gasteiger partial charge in [0.05, 0.1) is 0 Å². The minimum atomic E-state index is 0. The summed E-state index contributed by atoms with van der Waals surface area (Å²) in [4.78, 5) is 0. The molecule has 0 saturated heterocycles. The summed E-state index contributed by atoms with van der Waals surface area (Å²) in [5.74, 6) is 3.41. The third-order valence-electron chi connectivity index (χ3n) is 2.99. The summed E-state index contributed by atoms with van der Waals surface area (Å²) in [6.07, 6.45) is 6.19. The van der Waals surface area contributed by atoms with Crippen LogP contribution in [0.2, 0.25) is 0 Å². The normalized spacial score (nSPS) is 39.0. The monoisotopic (exact) mass is 156 g/mol. The molecular formula is C11H24. The van der Waals surface area contributed by atoms with Crippen LogP contribution in [-0.2, 0) is 0 Å². The fraction of sp³-hybridized carbons (Fsp3) is 1.00. The average Bonchev–Trinajstić information content (AvgIpc) is 2.19. The second kappa shape index (κ2) is 4.79. The van der Waals surface area contributed by atoms with Crippen LogP contribution in [0.15, 0.2) is 0 Å². The van der Waals surface area contributed by atoms with E-state index in [1.165, 1.54) is 11.8 Å². The maximum absolute atomic E-state index is 2.40. The lowest BCUT2D eigenvalue weighted by Crippen LogP contribution is -2.18. The van der Waals surface area contributed by atoms with E-state index in [1.807, 2.05) is 13.8 Å². The summed E-state index contributed by atoms with van der Waals surface area (Å²) in [6, 6.07) is 0. The largest absolute Gasteiger partial charge is 0.0776 e. The summed E-state index contributed by atoms with van der Waals surface area (Å²) in [5, 5.41) is 0. The summed E-state index contributed by atoms with van der Waals surface area (Å²) in [7, 11) is 0. The molecule has 2 atom stereocenters. The van der Waals surface area contributed by atoms with Crippen molar-refractivity contribution in [3.05, 3.63) is 0 Å². The molecule has 0 N–H and O–H groups in total. The predicted octanol–water partition coefficient (Wildman–Crippen LogP) is 4.10. The van der Waals surface area contributed by atoms with Gasteiger partial charge in [0.25, 0.3) is 0 Å². The average molecular weight is 156 g/mol. The molecule has 2 fully saturated rings. The summed E-state index contributed by atoms with van der Waals surface area (Å²) < 4.78 is 0. The van der Waals surface area contributed by atoms with Gasteiger partial charge in [-0.2, -0.15) is 0 Å². The van der Waals surface area contributed by atoms with Crippen LogP contribution in [0.25, 0.3) is 0 Å². The standard InChI is InChI=1S/C8H14.C2H6.CH4/c1-6-4-7-2-3-8(7)5-6;1-2;/h6-8H,2-5H2,1H3;1-2H3;1H4. The molecule has 0 aromatic heterocycles. The van der Waals surface area contributed by atoms with Gasteiger partial charge in [-0.05, 0) is 43.4 Å². The fourth-order valence-corrected chi connectivity index (χ4v) is 2.39. The highest BCUT2D eigenvalue weighted by atomic mass is 14.4. The van der Waals surface area contributed by atoms with E-state index < -0.39 is 0 Å². The lowest BCUT2D eigenvalue weighted by molar-refractivity contribution is 0.219. The molecule has 0 bridgehead atoms. The van der Waals surface area contributed by atoms with Gasteiger partial charge in [0.2, 0.25) is 0 Å². The van der Waals surface area contributed by atoms with Gasteiger partial charge in [0.1, 0.15) is 0 Å². The highest BCUT2D eigenvalue weighted by molar-refractivity contribution is 4.88. The Labute approximate surface area is 72.4 Å².